The molecule has 0 saturated carbocycles. The first kappa shape index (κ1) is 25.4. The molecule has 0 spiro atoms. The van der Waals surface area contributed by atoms with Crippen LogP contribution in [0.4, 0.5) is 17.1 Å². The molecule has 0 aliphatic carbocycles. The van der Waals surface area contributed by atoms with Gasteiger partial charge in [0.15, 0.2) is 9.84 Å². The maximum atomic E-state index is 13.0. The van der Waals surface area contributed by atoms with Gasteiger partial charge in [-0.2, -0.15) is 0 Å². The maximum Gasteiger partial charge on any atom is 0.182 e. The molecule has 3 heterocycles. The first-order chi connectivity index (χ1) is 18.8. The van der Waals surface area contributed by atoms with E-state index in [1.807, 2.05) is 18.2 Å². The number of pyridine rings is 1. The lowest BCUT2D eigenvalue weighted by Crippen LogP contribution is -2.44. The Morgan fingerprint density at radius 3 is 2.33 bits per heavy atom. The molecule has 7 nitrogen and oxygen atoms in total. The third kappa shape index (κ3) is 4.75. The van der Waals surface area contributed by atoms with Crippen molar-refractivity contribution in [3.8, 4) is 11.1 Å². The van der Waals surface area contributed by atoms with E-state index in [1.54, 1.807) is 32.2 Å². The number of sulfone groups is 1. The van der Waals surface area contributed by atoms with Crippen LogP contribution in [0.2, 0.25) is 0 Å². The molecule has 3 aromatic carbocycles. The molecule has 1 saturated heterocycles. The van der Waals surface area contributed by atoms with Gasteiger partial charge in [-0.25, -0.2) is 13.4 Å². The molecule has 0 atom stereocenters. The summed E-state index contributed by atoms with van der Waals surface area (Å²) < 4.78 is 26.1. The van der Waals surface area contributed by atoms with Crippen LogP contribution in [0.15, 0.2) is 83.9 Å². The number of hydrogen-bond donors (Lipinski definition) is 2. The number of piperazine rings is 1. The standard InChI is InChI=1S/C31H33N5O2S/c1-21(2)39(37,38)29-7-5-4-6-27(29)33-28-14-15-32-31-30(28)25-20-23(10-13-26(25)34-31)22-8-11-24(12-9-22)36-18-16-35(3)17-19-36/h4-15,20-21H,16-19H2,1-3H3,(H2,32,33,34). The van der Waals surface area contributed by atoms with E-state index >= 15 is 0 Å². The number of nitrogens with zero attached hydrogens (tertiary/aromatic N) is 3. The number of likely N-dealkylation sites (N-methyl/N-ethyl adjacent to an activating group) is 1. The third-order valence-corrected chi connectivity index (χ3v) is 9.86. The zero-order chi connectivity index (χ0) is 27.1. The Bertz CT molecular complexity index is 1750. The molecule has 0 amide bonds. The van der Waals surface area contributed by atoms with Gasteiger partial charge >= 0.3 is 0 Å². The maximum absolute atomic E-state index is 13.0. The number of H-pyrrole nitrogens is 1. The van der Waals surface area contributed by atoms with Crippen LogP contribution in [0.25, 0.3) is 33.1 Å². The van der Waals surface area contributed by atoms with Gasteiger partial charge < -0.3 is 20.1 Å². The molecule has 5 aromatic rings. The van der Waals surface area contributed by atoms with Crippen molar-refractivity contribution in [2.45, 2.75) is 24.0 Å². The lowest BCUT2D eigenvalue weighted by molar-refractivity contribution is 0.313. The number of hydrogen-bond acceptors (Lipinski definition) is 6. The van der Waals surface area contributed by atoms with Gasteiger partial charge in [0.2, 0.25) is 0 Å². The fourth-order valence-electron chi connectivity index (χ4n) is 5.25. The molecule has 6 rings (SSSR count). The Hall–Kier alpha value is -3.88. The summed E-state index contributed by atoms with van der Waals surface area (Å²) in [6, 6.07) is 24.2. The van der Waals surface area contributed by atoms with E-state index in [0.717, 1.165) is 64.9 Å². The van der Waals surface area contributed by atoms with Gasteiger partial charge in [-0.1, -0.05) is 30.3 Å². The first-order valence-corrected chi connectivity index (χ1v) is 14.9. The number of rotatable bonds is 6. The van der Waals surface area contributed by atoms with Crippen LogP contribution in [-0.2, 0) is 9.84 Å². The summed E-state index contributed by atoms with van der Waals surface area (Å²) >= 11 is 0. The zero-order valence-corrected chi connectivity index (χ0v) is 23.3. The zero-order valence-electron chi connectivity index (χ0n) is 22.5. The van der Waals surface area contributed by atoms with Crippen molar-refractivity contribution in [1.82, 2.24) is 14.9 Å². The van der Waals surface area contributed by atoms with E-state index in [2.05, 4.69) is 74.6 Å². The summed E-state index contributed by atoms with van der Waals surface area (Å²) in [7, 11) is -1.29. The van der Waals surface area contributed by atoms with Crippen LogP contribution in [0, 0.1) is 0 Å². The van der Waals surface area contributed by atoms with Crippen molar-refractivity contribution < 1.29 is 8.42 Å². The molecular formula is C31H33N5O2S. The Kier molecular flexibility index (Phi) is 6.53. The molecule has 2 aromatic heterocycles. The Morgan fingerprint density at radius 2 is 1.59 bits per heavy atom. The number of anilines is 3. The Labute approximate surface area is 229 Å². The Morgan fingerprint density at radius 1 is 0.872 bits per heavy atom. The topological polar surface area (TPSA) is 81.3 Å². The Balaban J connectivity index is 1.38. The van der Waals surface area contributed by atoms with Crippen LogP contribution < -0.4 is 10.2 Å². The molecule has 2 N–H and O–H groups in total. The van der Waals surface area contributed by atoms with Crippen molar-refractivity contribution in [3.63, 3.8) is 0 Å². The number of aromatic nitrogens is 2. The van der Waals surface area contributed by atoms with Crippen LogP contribution in [0.1, 0.15) is 13.8 Å². The van der Waals surface area contributed by atoms with Crippen LogP contribution in [0.5, 0.6) is 0 Å². The highest BCUT2D eigenvalue weighted by Gasteiger charge is 2.23. The number of nitrogens with one attached hydrogen (secondary N) is 2. The molecule has 0 bridgehead atoms. The van der Waals surface area contributed by atoms with Crippen LogP contribution in [0.3, 0.4) is 0 Å². The SMILES string of the molecule is CC(C)S(=O)(=O)c1ccccc1Nc1ccnc2[nH]c3ccc(-c4ccc(N5CCN(C)CC5)cc4)cc3c12. The molecule has 200 valence electrons. The minimum atomic E-state index is -3.46. The molecule has 1 fully saturated rings. The fraction of sp³-hybridized carbons (Fsp3) is 0.258. The second-order valence-electron chi connectivity index (χ2n) is 10.5. The van der Waals surface area contributed by atoms with Crippen LogP contribution in [-0.4, -0.2) is 61.8 Å². The summed E-state index contributed by atoms with van der Waals surface area (Å²) in [5, 5.41) is 4.86. The summed E-state index contributed by atoms with van der Waals surface area (Å²) in [6.45, 7) is 7.66. The summed E-state index contributed by atoms with van der Waals surface area (Å²) in [4.78, 5) is 13.1. The summed E-state index contributed by atoms with van der Waals surface area (Å²) in [5.41, 5.74) is 6.62. The van der Waals surface area contributed by atoms with Gasteiger partial charge in [0.05, 0.1) is 26.9 Å². The molecular weight excluding hydrogens is 506 g/mol. The second kappa shape index (κ2) is 10.0. The second-order valence-corrected chi connectivity index (χ2v) is 13.0. The van der Waals surface area contributed by atoms with Gasteiger partial charge in [0, 0.05) is 49.0 Å². The number of para-hydroxylation sites is 1. The van der Waals surface area contributed by atoms with Crippen molar-refractivity contribution in [2.75, 3.05) is 43.4 Å². The molecule has 0 unspecified atom stereocenters. The van der Waals surface area contributed by atoms with E-state index in [9.17, 15) is 8.42 Å². The minimum Gasteiger partial charge on any atom is -0.369 e. The smallest absolute Gasteiger partial charge is 0.182 e. The average molecular weight is 540 g/mol. The minimum absolute atomic E-state index is 0.297. The highest BCUT2D eigenvalue weighted by atomic mass is 32.2. The number of fused-ring (bicyclic) bond motifs is 3. The lowest BCUT2D eigenvalue weighted by Gasteiger charge is -2.34. The van der Waals surface area contributed by atoms with E-state index in [-0.39, 0.29) is 0 Å². The molecule has 8 heteroatoms. The molecule has 1 aliphatic heterocycles. The van der Waals surface area contributed by atoms with Gasteiger partial charge in [0.25, 0.3) is 0 Å². The first-order valence-electron chi connectivity index (χ1n) is 13.4. The van der Waals surface area contributed by atoms with E-state index in [1.165, 1.54) is 5.69 Å². The summed E-state index contributed by atoms with van der Waals surface area (Å²) in [6.07, 6.45) is 1.73. The van der Waals surface area contributed by atoms with Gasteiger partial charge in [-0.05, 0) is 74.5 Å². The summed E-state index contributed by atoms with van der Waals surface area (Å²) in [5.74, 6) is 0. The normalized spacial score (nSPS) is 14.9. The predicted molar refractivity (Wildman–Crippen MR) is 161 cm³/mol. The van der Waals surface area contributed by atoms with Gasteiger partial charge in [-0.15, -0.1) is 0 Å². The van der Waals surface area contributed by atoms with Crippen molar-refractivity contribution >= 4 is 48.8 Å². The highest BCUT2D eigenvalue weighted by molar-refractivity contribution is 7.92. The fourth-order valence-corrected chi connectivity index (χ4v) is 6.45. The molecule has 0 radical (unpaired) electrons. The van der Waals surface area contributed by atoms with Crippen molar-refractivity contribution in [1.29, 1.82) is 0 Å². The van der Waals surface area contributed by atoms with E-state index in [4.69, 9.17) is 0 Å². The monoisotopic (exact) mass is 539 g/mol. The highest BCUT2D eigenvalue weighted by Crippen LogP contribution is 2.36. The largest absolute Gasteiger partial charge is 0.369 e. The van der Waals surface area contributed by atoms with Gasteiger partial charge in [0.1, 0.15) is 5.65 Å². The predicted octanol–water partition coefficient (Wildman–Crippen LogP) is 6.06. The van der Waals surface area contributed by atoms with Crippen molar-refractivity contribution in [3.05, 3.63) is 79.0 Å². The van der Waals surface area contributed by atoms with E-state index in [0.29, 0.717) is 10.6 Å². The quantitative estimate of drug-likeness (QED) is 0.273. The average Bonchev–Trinajstić information content (AvgIpc) is 3.32. The van der Waals surface area contributed by atoms with E-state index < -0.39 is 15.1 Å². The lowest BCUT2D eigenvalue weighted by atomic mass is 10.0. The molecule has 1 aliphatic rings. The number of aromatic amines is 1. The molecule has 39 heavy (non-hydrogen) atoms. The van der Waals surface area contributed by atoms with Gasteiger partial charge in [-0.3, -0.25) is 0 Å². The van der Waals surface area contributed by atoms with Crippen molar-refractivity contribution in [2.24, 2.45) is 0 Å². The van der Waals surface area contributed by atoms with Crippen LogP contribution >= 0.6 is 0 Å². The third-order valence-electron chi connectivity index (χ3n) is 7.65. The number of benzene rings is 3.